The van der Waals surface area contributed by atoms with Crippen molar-refractivity contribution in [3.05, 3.63) is 0 Å². The molecule has 0 atom stereocenters. The lowest BCUT2D eigenvalue weighted by Gasteiger charge is -1.93. The monoisotopic (exact) mass is 173 g/mol. The predicted octanol–water partition coefficient (Wildman–Crippen LogP) is 1.39. The van der Waals surface area contributed by atoms with Gasteiger partial charge >= 0.3 is 0 Å². The lowest BCUT2D eigenvalue weighted by molar-refractivity contribution is 0.744. The third-order valence-corrected chi connectivity index (χ3v) is 1.29. The zero-order chi connectivity index (χ0) is 8.53. The molecule has 0 rings (SSSR count). The molecule has 3 nitrogen and oxygen atoms in total. The van der Waals surface area contributed by atoms with Crippen LogP contribution in [-0.4, -0.2) is 11.3 Å². The maximum Gasteiger partial charge on any atom is 0.184 e. The molecular weight excluding hydrogens is 158 g/mol. The topological polar surface area (TPSA) is 50.4 Å². The Bertz CT molecular complexity index is 134. The molecule has 0 aromatic heterocycles. The van der Waals surface area contributed by atoms with E-state index >= 15 is 0 Å². The van der Waals surface area contributed by atoms with Crippen LogP contribution in [0.1, 0.15) is 32.6 Å². The van der Waals surface area contributed by atoms with Gasteiger partial charge in [0.25, 0.3) is 0 Å². The summed E-state index contributed by atoms with van der Waals surface area (Å²) in [6.45, 7) is 2.17. The number of hydrogen-bond acceptors (Lipinski definition) is 2. The third kappa shape index (κ3) is 9.36. The summed E-state index contributed by atoms with van der Waals surface area (Å²) >= 11 is 4.55. The Morgan fingerprint density at radius 3 is 2.91 bits per heavy atom. The normalized spacial score (nSPS) is 10.3. The van der Waals surface area contributed by atoms with E-state index in [1.807, 2.05) is 0 Å². The van der Waals surface area contributed by atoms with E-state index in [-0.39, 0.29) is 5.11 Å². The molecule has 0 aliphatic carbocycles. The smallest absolute Gasteiger partial charge is 0.184 e. The summed E-state index contributed by atoms with van der Waals surface area (Å²) in [5.74, 6) is 0. The second kappa shape index (κ2) is 7.47. The van der Waals surface area contributed by atoms with Crippen LogP contribution in [0.4, 0.5) is 0 Å². The number of hydrazone groups is 1. The number of nitrogens with two attached hydrogens (primary N) is 1. The van der Waals surface area contributed by atoms with E-state index in [9.17, 15) is 0 Å². The highest BCUT2D eigenvalue weighted by Crippen LogP contribution is 1.95. The highest BCUT2D eigenvalue weighted by molar-refractivity contribution is 7.80. The number of nitrogens with zero attached hydrogens (tertiary/aromatic N) is 1. The Morgan fingerprint density at radius 2 is 2.36 bits per heavy atom. The van der Waals surface area contributed by atoms with Crippen molar-refractivity contribution in [3.8, 4) is 0 Å². The van der Waals surface area contributed by atoms with Crippen LogP contribution in [0.3, 0.4) is 0 Å². The van der Waals surface area contributed by atoms with Gasteiger partial charge in [0.05, 0.1) is 0 Å². The molecule has 0 aromatic rings. The van der Waals surface area contributed by atoms with E-state index in [0.29, 0.717) is 0 Å². The van der Waals surface area contributed by atoms with Gasteiger partial charge in [-0.25, -0.2) is 0 Å². The third-order valence-electron chi connectivity index (χ3n) is 1.20. The second-order valence-electron chi connectivity index (χ2n) is 2.28. The highest BCUT2D eigenvalue weighted by atomic mass is 32.1. The molecule has 0 aliphatic rings. The number of thiocarbonyl (C=S) groups is 1. The van der Waals surface area contributed by atoms with Gasteiger partial charge in [-0.1, -0.05) is 19.8 Å². The van der Waals surface area contributed by atoms with E-state index in [0.717, 1.165) is 6.42 Å². The van der Waals surface area contributed by atoms with Crippen LogP contribution >= 0.6 is 12.2 Å². The molecule has 0 saturated heterocycles. The van der Waals surface area contributed by atoms with Crippen LogP contribution in [0, 0.1) is 0 Å². The Kier molecular flexibility index (Phi) is 7.03. The van der Waals surface area contributed by atoms with Gasteiger partial charge in [-0.2, -0.15) is 5.10 Å². The lowest BCUT2D eigenvalue weighted by atomic mass is 10.2. The van der Waals surface area contributed by atoms with Crippen molar-refractivity contribution in [3.63, 3.8) is 0 Å². The fourth-order valence-corrected chi connectivity index (χ4v) is 0.712. The van der Waals surface area contributed by atoms with Gasteiger partial charge < -0.3 is 5.73 Å². The molecule has 0 heterocycles. The van der Waals surface area contributed by atoms with E-state index in [2.05, 4.69) is 29.7 Å². The van der Waals surface area contributed by atoms with Gasteiger partial charge in [0, 0.05) is 6.21 Å². The van der Waals surface area contributed by atoms with Crippen molar-refractivity contribution in [1.82, 2.24) is 5.43 Å². The van der Waals surface area contributed by atoms with Crippen molar-refractivity contribution in [2.75, 3.05) is 0 Å². The average molecular weight is 173 g/mol. The SMILES string of the molecule is CCCCCC=NNC(N)=S. The second-order valence-corrected chi connectivity index (χ2v) is 2.72. The van der Waals surface area contributed by atoms with Crippen molar-refractivity contribution >= 4 is 23.5 Å². The highest BCUT2D eigenvalue weighted by Gasteiger charge is 1.82. The molecule has 0 fully saturated rings. The molecule has 0 spiro atoms. The van der Waals surface area contributed by atoms with Gasteiger partial charge in [-0.15, -0.1) is 0 Å². The molecule has 0 aliphatic heterocycles. The first-order valence-electron chi connectivity index (χ1n) is 3.84. The molecule has 0 amide bonds. The number of rotatable bonds is 5. The van der Waals surface area contributed by atoms with Gasteiger partial charge in [0.2, 0.25) is 0 Å². The van der Waals surface area contributed by atoms with Crippen LogP contribution in [0.25, 0.3) is 0 Å². The van der Waals surface area contributed by atoms with E-state index in [1.165, 1.54) is 19.3 Å². The first-order valence-corrected chi connectivity index (χ1v) is 4.25. The van der Waals surface area contributed by atoms with Crippen LogP contribution in [0.5, 0.6) is 0 Å². The summed E-state index contributed by atoms with van der Waals surface area (Å²) < 4.78 is 0. The number of nitrogens with one attached hydrogen (secondary N) is 1. The number of hydrogen-bond donors (Lipinski definition) is 2. The zero-order valence-electron chi connectivity index (χ0n) is 6.84. The molecule has 64 valence electrons. The fraction of sp³-hybridized carbons (Fsp3) is 0.714. The predicted molar refractivity (Wildman–Crippen MR) is 52.6 cm³/mol. The maximum absolute atomic E-state index is 5.14. The quantitative estimate of drug-likeness (QED) is 0.286. The average Bonchev–Trinajstić information content (AvgIpc) is 1.96. The maximum atomic E-state index is 5.14. The molecule has 0 aromatic carbocycles. The minimum Gasteiger partial charge on any atom is -0.375 e. The summed E-state index contributed by atoms with van der Waals surface area (Å²) in [7, 11) is 0. The largest absolute Gasteiger partial charge is 0.375 e. The van der Waals surface area contributed by atoms with Crippen LogP contribution in [0.2, 0.25) is 0 Å². The summed E-state index contributed by atoms with van der Waals surface area (Å²) in [6, 6.07) is 0. The Morgan fingerprint density at radius 1 is 1.64 bits per heavy atom. The van der Waals surface area contributed by atoms with E-state index in [1.54, 1.807) is 6.21 Å². The standard InChI is InChI=1S/C7H15N3S/c1-2-3-4-5-6-9-10-7(8)11/h6H,2-5H2,1H3,(H3,8,10,11). The summed E-state index contributed by atoms with van der Waals surface area (Å²) in [4.78, 5) is 0. The first-order chi connectivity index (χ1) is 5.27. The van der Waals surface area contributed by atoms with Gasteiger partial charge in [0.15, 0.2) is 5.11 Å². The van der Waals surface area contributed by atoms with Gasteiger partial charge in [-0.3, -0.25) is 5.43 Å². The van der Waals surface area contributed by atoms with E-state index < -0.39 is 0 Å². The molecule has 0 radical (unpaired) electrons. The van der Waals surface area contributed by atoms with Crippen molar-refractivity contribution < 1.29 is 0 Å². The fourth-order valence-electron chi connectivity index (χ4n) is 0.659. The van der Waals surface area contributed by atoms with Crippen LogP contribution in [0.15, 0.2) is 5.10 Å². The van der Waals surface area contributed by atoms with Gasteiger partial charge in [0.1, 0.15) is 0 Å². The summed E-state index contributed by atoms with van der Waals surface area (Å²) in [5, 5.41) is 4.02. The Hall–Kier alpha value is -0.640. The van der Waals surface area contributed by atoms with Crippen molar-refractivity contribution in [1.29, 1.82) is 0 Å². The Balaban J connectivity index is 3.10. The van der Waals surface area contributed by atoms with E-state index in [4.69, 9.17) is 5.73 Å². The Labute approximate surface area is 73.0 Å². The number of unbranched alkanes of at least 4 members (excludes halogenated alkanes) is 3. The lowest BCUT2D eigenvalue weighted by Crippen LogP contribution is -2.23. The molecule has 3 N–H and O–H groups in total. The molecule has 0 saturated carbocycles. The molecule has 0 bridgehead atoms. The molecule has 4 heteroatoms. The van der Waals surface area contributed by atoms with Crippen LogP contribution in [-0.2, 0) is 0 Å². The zero-order valence-corrected chi connectivity index (χ0v) is 7.66. The summed E-state index contributed by atoms with van der Waals surface area (Å²) in [5.41, 5.74) is 7.64. The minimum atomic E-state index is 0.219. The molecular formula is C7H15N3S. The minimum absolute atomic E-state index is 0.219. The molecule has 11 heavy (non-hydrogen) atoms. The first kappa shape index (κ1) is 10.4. The van der Waals surface area contributed by atoms with Crippen molar-refractivity contribution in [2.45, 2.75) is 32.6 Å². The summed E-state index contributed by atoms with van der Waals surface area (Å²) in [6.07, 6.45) is 6.45. The van der Waals surface area contributed by atoms with Crippen molar-refractivity contribution in [2.24, 2.45) is 10.8 Å². The molecule has 0 unspecified atom stereocenters. The van der Waals surface area contributed by atoms with Gasteiger partial charge in [-0.05, 0) is 25.1 Å². The van der Waals surface area contributed by atoms with Crippen LogP contribution < -0.4 is 11.2 Å².